The zero-order chi connectivity index (χ0) is 19.3. The molecule has 0 bridgehead atoms. The van der Waals surface area contributed by atoms with Crippen molar-refractivity contribution in [3.05, 3.63) is 81.7 Å². The number of aryl methyl sites for hydroxylation is 2. The highest BCUT2D eigenvalue weighted by Crippen LogP contribution is 2.29. The molecule has 0 aliphatic carbocycles. The van der Waals surface area contributed by atoms with Gasteiger partial charge in [0, 0.05) is 22.6 Å². The highest BCUT2D eigenvalue weighted by Gasteiger charge is 2.13. The molecule has 0 saturated carbocycles. The Labute approximate surface area is 165 Å². The SMILES string of the molecule is Cc1ccc2c(CSc3nnc4cc(C)c5ccccc5n34)cc(=O)oc2c1. The molecule has 2 aromatic carbocycles. The molecule has 0 fully saturated rings. The smallest absolute Gasteiger partial charge is 0.336 e. The van der Waals surface area contributed by atoms with Gasteiger partial charge in [0.25, 0.3) is 0 Å². The molecule has 3 heterocycles. The molecule has 0 unspecified atom stereocenters. The van der Waals surface area contributed by atoms with Crippen molar-refractivity contribution in [2.45, 2.75) is 24.8 Å². The van der Waals surface area contributed by atoms with Crippen LogP contribution in [0, 0.1) is 13.8 Å². The maximum Gasteiger partial charge on any atom is 0.336 e. The fourth-order valence-corrected chi connectivity index (χ4v) is 4.51. The van der Waals surface area contributed by atoms with E-state index >= 15 is 0 Å². The van der Waals surface area contributed by atoms with Crippen LogP contribution in [0.15, 0.2) is 69.0 Å². The van der Waals surface area contributed by atoms with E-state index in [1.807, 2.05) is 37.3 Å². The fraction of sp³-hybridized carbons (Fsp3) is 0.136. The maximum absolute atomic E-state index is 12.0. The number of pyridine rings is 1. The Morgan fingerprint density at radius 2 is 1.86 bits per heavy atom. The highest BCUT2D eigenvalue weighted by molar-refractivity contribution is 7.98. The van der Waals surface area contributed by atoms with Gasteiger partial charge in [0.2, 0.25) is 0 Å². The van der Waals surface area contributed by atoms with Gasteiger partial charge >= 0.3 is 5.63 Å². The van der Waals surface area contributed by atoms with Crippen LogP contribution in [0.1, 0.15) is 16.7 Å². The Morgan fingerprint density at radius 1 is 1.00 bits per heavy atom. The van der Waals surface area contributed by atoms with Crippen LogP contribution in [0.5, 0.6) is 0 Å². The average molecular weight is 387 g/mol. The van der Waals surface area contributed by atoms with Gasteiger partial charge in [-0.05, 0) is 48.7 Å². The zero-order valence-electron chi connectivity index (χ0n) is 15.5. The first-order chi connectivity index (χ1) is 13.6. The largest absolute Gasteiger partial charge is 0.423 e. The third-order valence-corrected chi connectivity index (χ3v) is 5.89. The molecule has 6 heteroatoms. The van der Waals surface area contributed by atoms with Crippen molar-refractivity contribution in [1.82, 2.24) is 14.6 Å². The van der Waals surface area contributed by atoms with Gasteiger partial charge in [0.1, 0.15) is 5.58 Å². The minimum absolute atomic E-state index is 0.333. The number of benzene rings is 2. The summed E-state index contributed by atoms with van der Waals surface area (Å²) in [5.41, 5.74) is 5.37. The molecule has 28 heavy (non-hydrogen) atoms. The summed E-state index contributed by atoms with van der Waals surface area (Å²) in [7, 11) is 0. The van der Waals surface area contributed by atoms with E-state index in [1.54, 1.807) is 17.8 Å². The normalized spacial score (nSPS) is 11.6. The van der Waals surface area contributed by atoms with Gasteiger partial charge in [-0.3, -0.25) is 4.40 Å². The standard InChI is InChI=1S/C22H17N3O2S/c1-13-7-8-17-15(11-21(26)27-19(17)9-13)12-28-22-24-23-20-10-14(2)16-5-3-4-6-18(16)25(20)22/h3-11H,12H2,1-2H3. The Kier molecular flexibility index (Phi) is 3.94. The number of nitrogens with zero attached hydrogens (tertiary/aromatic N) is 3. The number of thioether (sulfide) groups is 1. The molecule has 0 spiro atoms. The lowest BCUT2D eigenvalue weighted by molar-refractivity contribution is 0.559. The van der Waals surface area contributed by atoms with Gasteiger partial charge in [-0.25, -0.2) is 4.79 Å². The fourth-order valence-electron chi connectivity index (χ4n) is 3.57. The quantitative estimate of drug-likeness (QED) is 0.326. The second-order valence-corrected chi connectivity index (χ2v) is 7.84. The third kappa shape index (κ3) is 2.77. The van der Waals surface area contributed by atoms with Gasteiger partial charge in [0.15, 0.2) is 10.8 Å². The monoisotopic (exact) mass is 387 g/mol. The Hall–Kier alpha value is -3.12. The molecule has 0 aliphatic heterocycles. The molecule has 0 atom stereocenters. The predicted octanol–water partition coefficient (Wildman–Crippen LogP) is 4.90. The van der Waals surface area contributed by atoms with Crippen LogP contribution in [-0.4, -0.2) is 14.6 Å². The maximum atomic E-state index is 12.0. The van der Waals surface area contributed by atoms with Crippen LogP contribution in [-0.2, 0) is 5.75 Å². The predicted molar refractivity (Wildman–Crippen MR) is 112 cm³/mol. The summed E-state index contributed by atoms with van der Waals surface area (Å²) in [5, 5.41) is 11.7. The van der Waals surface area contributed by atoms with Gasteiger partial charge < -0.3 is 4.42 Å². The van der Waals surface area contributed by atoms with E-state index in [9.17, 15) is 4.79 Å². The van der Waals surface area contributed by atoms with E-state index in [0.717, 1.165) is 32.8 Å². The lowest BCUT2D eigenvalue weighted by atomic mass is 10.1. The average Bonchev–Trinajstić information content (AvgIpc) is 3.08. The van der Waals surface area contributed by atoms with E-state index in [1.165, 1.54) is 10.9 Å². The van der Waals surface area contributed by atoms with E-state index in [2.05, 4.69) is 39.7 Å². The number of para-hydroxylation sites is 1. The van der Waals surface area contributed by atoms with Gasteiger partial charge in [-0.15, -0.1) is 10.2 Å². The summed E-state index contributed by atoms with van der Waals surface area (Å²) in [6.07, 6.45) is 0. The minimum Gasteiger partial charge on any atom is -0.423 e. The molecular weight excluding hydrogens is 370 g/mol. The van der Waals surface area contributed by atoms with Crippen LogP contribution in [0.2, 0.25) is 0 Å². The molecule has 0 amide bonds. The number of hydrogen-bond acceptors (Lipinski definition) is 5. The van der Waals surface area contributed by atoms with Crippen LogP contribution >= 0.6 is 11.8 Å². The van der Waals surface area contributed by atoms with Crippen molar-refractivity contribution in [2.24, 2.45) is 0 Å². The summed E-state index contributed by atoms with van der Waals surface area (Å²) >= 11 is 1.57. The topological polar surface area (TPSA) is 60.4 Å². The summed E-state index contributed by atoms with van der Waals surface area (Å²) in [6, 6.07) is 17.8. The van der Waals surface area contributed by atoms with E-state index in [4.69, 9.17) is 4.42 Å². The van der Waals surface area contributed by atoms with E-state index in [0.29, 0.717) is 11.3 Å². The van der Waals surface area contributed by atoms with Gasteiger partial charge in [0.05, 0.1) is 5.52 Å². The first kappa shape index (κ1) is 17.0. The number of aromatic nitrogens is 3. The summed E-state index contributed by atoms with van der Waals surface area (Å²) in [5.74, 6) is 0.605. The molecule has 0 saturated heterocycles. The zero-order valence-corrected chi connectivity index (χ0v) is 16.3. The van der Waals surface area contributed by atoms with Gasteiger partial charge in [-0.2, -0.15) is 0 Å². The van der Waals surface area contributed by atoms with E-state index in [-0.39, 0.29) is 5.63 Å². The number of rotatable bonds is 3. The second kappa shape index (κ2) is 6.49. The van der Waals surface area contributed by atoms with Crippen LogP contribution in [0.25, 0.3) is 27.5 Å². The van der Waals surface area contributed by atoms with Crippen molar-refractivity contribution >= 4 is 39.3 Å². The molecule has 0 N–H and O–H groups in total. The molecule has 5 nitrogen and oxygen atoms in total. The number of hydrogen-bond donors (Lipinski definition) is 0. The third-order valence-electron chi connectivity index (χ3n) is 4.92. The molecule has 5 aromatic rings. The van der Waals surface area contributed by atoms with Crippen molar-refractivity contribution < 1.29 is 4.42 Å². The lowest BCUT2D eigenvalue weighted by Gasteiger charge is -2.08. The van der Waals surface area contributed by atoms with Crippen LogP contribution < -0.4 is 5.63 Å². The van der Waals surface area contributed by atoms with Crippen molar-refractivity contribution in [2.75, 3.05) is 0 Å². The van der Waals surface area contributed by atoms with Gasteiger partial charge in [-0.1, -0.05) is 42.1 Å². The molecular formula is C22H17N3O2S. The van der Waals surface area contributed by atoms with Crippen LogP contribution in [0.4, 0.5) is 0 Å². The minimum atomic E-state index is -0.333. The summed E-state index contributed by atoms with van der Waals surface area (Å²) < 4.78 is 7.44. The molecule has 5 rings (SSSR count). The summed E-state index contributed by atoms with van der Waals surface area (Å²) in [4.78, 5) is 12.0. The first-order valence-corrected chi connectivity index (χ1v) is 9.98. The second-order valence-electron chi connectivity index (χ2n) is 6.90. The first-order valence-electron chi connectivity index (χ1n) is 9.00. The lowest BCUT2D eigenvalue weighted by Crippen LogP contribution is -2.00. The number of fused-ring (bicyclic) bond motifs is 4. The Balaban J connectivity index is 1.60. The molecule has 3 aromatic heterocycles. The van der Waals surface area contributed by atoms with Crippen LogP contribution in [0.3, 0.4) is 0 Å². The van der Waals surface area contributed by atoms with Crippen molar-refractivity contribution in [3.8, 4) is 0 Å². The molecule has 138 valence electrons. The Morgan fingerprint density at radius 3 is 2.75 bits per heavy atom. The van der Waals surface area contributed by atoms with E-state index < -0.39 is 0 Å². The van der Waals surface area contributed by atoms with Crippen molar-refractivity contribution in [1.29, 1.82) is 0 Å². The van der Waals surface area contributed by atoms with Crippen molar-refractivity contribution in [3.63, 3.8) is 0 Å². The Bertz CT molecular complexity index is 1420. The summed E-state index contributed by atoms with van der Waals surface area (Å²) in [6.45, 7) is 4.07. The highest BCUT2D eigenvalue weighted by atomic mass is 32.2. The molecule has 0 aliphatic rings. The molecule has 0 radical (unpaired) electrons.